The van der Waals surface area contributed by atoms with Gasteiger partial charge in [0.2, 0.25) is 0 Å². The highest BCUT2D eigenvalue weighted by molar-refractivity contribution is 7.19. The molecule has 1 aliphatic heterocycles. The third-order valence-electron chi connectivity index (χ3n) is 4.46. The van der Waals surface area contributed by atoms with Gasteiger partial charge < -0.3 is 9.80 Å². The Balaban J connectivity index is 1.46. The van der Waals surface area contributed by atoms with Gasteiger partial charge in [0, 0.05) is 39.4 Å². The van der Waals surface area contributed by atoms with Crippen LogP contribution in [-0.4, -0.2) is 51.8 Å². The van der Waals surface area contributed by atoms with E-state index in [-0.39, 0.29) is 5.91 Å². The predicted molar refractivity (Wildman–Crippen MR) is 104 cm³/mol. The zero-order valence-corrected chi connectivity index (χ0v) is 15.9. The van der Waals surface area contributed by atoms with Crippen molar-refractivity contribution in [2.75, 3.05) is 31.1 Å². The van der Waals surface area contributed by atoms with Gasteiger partial charge in [-0.05, 0) is 30.3 Å². The van der Waals surface area contributed by atoms with Crippen LogP contribution in [0, 0.1) is 0 Å². The summed E-state index contributed by atoms with van der Waals surface area (Å²) >= 11 is 7.50. The quantitative estimate of drug-likeness (QED) is 0.692. The van der Waals surface area contributed by atoms with Crippen molar-refractivity contribution in [1.82, 2.24) is 19.7 Å². The SMILES string of the molecule is Cn1nc(C(=O)N2CCN(c3ccccn3)CC2)cc1-c1ccc(Cl)s1. The molecule has 1 aliphatic rings. The Morgan fingerprint density at radius 3 is 2.62 bits per heavy atom. The average molecular weight is 388 g/mol. The lowest BCUT2D eigenvalue weighted by atomic mass is 10.2. The molecule has 0 atom stereocenters. The molecular formula is C18H18ClN5OS. The molecular weight excluding hydrogens is 370 g/mol. The fraction of sp³-hybridized carbons (Fsp3) is 0.278. The summed E-state index contributed by atoms with van der Waals surface area (Å²) in [6, 6.07) is 11.5. The summed E-state index contributed by atoms with van der Waals surface area (Å²) in [4.78, 5) is 22.3. The van der Waals surface area contributed by atoms with Gasteiger partial charge in [-0.2, -0.15) is 5.10 Å². The molecule has 0 unspecified atom stereocenters. The van der Waals surface area contributed by atoms with Gasteiger partial charge in [0.1, 0.15) is 5.82 Å². The molecule has 0 spiro atoms. The Kier molecular flexibility index (Phi) is 4.65. The van der Waals surface area contributed by atoms with Crippen LogP contribution in [0.1, 0.15) is 10.5 Å². The van der Waals surface area contributed by atoms with Crippen molar-refractivity contribution in [2.45, 2.75) is 0 Å². The molecule has 134 valence electrons. The molecule has 0 aromatic carbocycles. The van der Waals surface area contributed by atoms with Crippen molar-refractivity contribution in [3.8, 4) is 10.6 Å². The van der Waals surface area contributed by atoms with E-state index < -0.39 is 0 Å². The first-order valence-electron chi connectivity index (χ1n) is 8.37. The molecule has 0 N–H and O–H groups in total. The molecule has 4 rings (SSSR count). The lowest BCUT2D eigenvalue weighted by Gasteiger charge is -2.35. The normalized spacial score (nSPS) is 14.7. The average Bonchev–Trinajstić information content (AvgIpc) is 3.27. The number of nitrogens with zero attached hydrogens (tertiary/aromatic N) is 5. The van der Waals surface area contributed by atoms with E-state index in [1.807, 2.05) is 48.3 Å². The molecule has 0 bridgehead atoms. The number of carbonyl (C=O) groups is 1. The number of pyridine rings is 1. The predicted octanol–water partition coefficient (Wildman–Crippen LogP) is 3.16. The summed E-state index contributed by atoms with van der Waals surface area (Å²) in [5.41, 5.74) is 1.37. The molecule has 3 aromatic rings. The Labute approximate surface area is 160 Å². The molecule has 1 saturated heterocycles. The van der Waals surface area contributed by atoms with Crippen LogP contribution in [0.2, 0.25) is 4.34 Å². The van der Waals surface area contributed by atoms with Gasteiger partial charge in [0.05, 0.1) is 14.9 Å². The van der Waals surface area contributed by atoms with E-state index in [2.05, 4.69) is 15.0 Å². The Morgan fingerprint density at radius 2 is 1.96 bits per heavy atom. The molecule has 4 heterocycles. The summed E-state index contributed by atoms with van der Waals surface area (Å²) in [5, 5.41) is 4.41. The van der Waals surface area contributed by atoms with Gasteiger partial charge >= 0.3 is 0 Å². The van der Waals surface area contributed by atoms with Gasteiger partial charge in [-0.3, -0.25) is 9.48 Å². The maximum Gasteiger partial charge on any atom is 0.274 e. The van der Waals surface area contributed by atoms with Crippen molar-refractivity contribution in [1.29, 1.82) is 0 Å². The number of rotatable bonds is 3. The highest BCUT2D eigenvalue weighted by Crippen LogP contribution is 2.31. The van der Waals surface area contributed by atoms with E-state index in [1.165, 1.54) is 11.3 Å². The molecule has 8 heteroatoms. The fourth-order valence-electron chi connectivity index (χ4n) is 3.10. The Morgan fingerprint density at radius 1 is 1.15 bits per heavy atom. The van der Waals surface area contributed by atoms with Crippen LogP contribution in [-0.2, 0) is 7.05 Å². The second kappa shape index (κ2) is 7.09. The first-order chi connectivity index (χ1) is 12.6. The maximum absolute atomic E-state index is 12.8. The number of aryl methyl sites for hydroxylation is 1. The second-order valence-electron chi connectivity index (χ2n) is 6.11. The lowest BCUT2D eigenvalue weighted by Crippen LogP contribution is -2.49. The zero-order chi connectivity index (χ0) is 18.1. The molecule has 0 radical (unpaired) electrons. The van der Waals surface area contributed by atoms with E-state index in [1.54, 1.807) is 10.9 Å². The van der Waals surface area contributed by atoms with E-state index in [9.17, 15) is 4.79 Å². The smallest absolute Gasteiger partial charge is 0.274 e. The largest absolute Gasteiger partial charge is 0.353 e. The first-order valence-corrected chi connectivity index (χ1v) is 9.56. The van der Waals surface area contributed by atoms with Gasteiger partial charge in [-0.1, -0.05) is 17.7 Å². The van der Waals surface area contributed by atoms with Crippen molar-refractivity contribution < 1.29 is 4.79 Å². The molecule has 1 amide bonds. The summed E-state index contributed by atoms with van der Waals surface area (Å²) in [5.74, 6) is 0.921. The van der Waals surface area contributed by atoms with Gasteiger partial charge in [-0.25, -0.2) is 4.98 Å². The van der Waals surface area contributed by atoms with Crippen molar-refractivity contribution in [3.63, 3.8) is 0 Å². The van der Waals surface area contributed by atoms with Crippen LogP contribution in [0.5, 0.6) is 0 Å². The summed E-state index contributed by atoms with van der Waals surface area (Å²) in [6.45, 7) is 2.85. The summed E-state index contributed by atoms with van der Waals surface area (Å²) < 4.78 is 2.46. The van der Waals surface area contributed by atoms with Crippen LogP contribution in [0.3, 0.4) is 0 Å². The van der Waals surface area contributed by atoms with Gasteiger partial charge in [-0.15, -0.1) is 11.3 Å². The number of thiophene rings is 1. The number of hydrogen-bond acceptors (Lipinski definition) is 5. The first kappa shape index (κ1) is 17.1. The topological polar surface area (TPSA) is 54.3 Å². The van der Waals surface area contributed by atoms with E-state index >= 15 is 0 Å². The number of piperazine rings is 1. The maximum atomic E-state index is 12.8. The number of aromatic nitrogens is 3. The minimum absolute atomic E-state index is 0.0322. The molecule has 6 nitrogen and oxygen atoms in total. The van der Waals surface area contributed by atoms with Crippen LogP contribution < -0.4 is 4.90 Å². The van der Waals surface area contributed by atoms with Crippen molar-refractivity contribution in [2.24, 2.45) is 7.05 Å². The molecule has 26 heavy (non-hydrogen) atoms. The molecule has 0 saturated carbocycles. The van der Waals surface area contributed by atoms with Crippen LogP contribution >= 0.6 is 22.9 Å². The third-order valence-corrected chi connectivity index (χ3v) is 5.72. The summed E-state index contributed by atoms with van der Waals surface area (Å²) in [7, 11) is 1.85. The zero-order valence-electron chi connectivity index (χ0n) is 14.3. The molecule has 0 aliphatic carbocycles. The van der Waals surface area contributed by atoms with E-state index in [0.717, 1.165) is 33.8 Å². The number of halogens is 1. The monoisotopic (exact) mass is 387 g/mol. The standard InChI is InChI=1S/C18H18ClN5OS/c1-22-14(15-5-6-16(19)26-15)12-13(21-22)18(25)24-10-8-23(9-11-24)17-4-2-3-7-20-17/h2-7,12H,8-11H2,1H3. The molecule has 3 aromatic heterocycles. The van der Waals surface area contributed by atoms with E-state index in [4.69, 9.17) is 11.6 Å². The Hall–Kier alpha value is -2.38. The minimum atomic E-state index is -0.0322. The molecule has 1 fully saturated rings. The minimum Gasteiger partial charge on any atom is -0.353 e. The van der Waals surface area contributed by atoms with Gasteiger partial charge in [0.25, 0.3) is 5.91 Å². The highest BCUT2D eigenvalue weighted by Gasteiger charge is 2.25. The lowest BCUT2D eigenvalue weighted by molar-refractivity contribution is 0.0740. The van der Waals surface area contributed by atoms with Crippen molar-refractivity contribution in [3.05, 3.63) is 52.6 Å². The number of anilines is 1. The fourth-order valence-corrected chi connectivity index (χ4v) is 4.19. The number of amides is 1. The van der Waals surface area contributed by atoms with Crippen LogP contribution in [0.25, 0.3) is 10.6 Å². The third kappa shape index (κ3) is 3.32. The number of hydrogen-bond donors (Lipinski definition) is 0. The Bertz CT molecular complexity index is 915. The van der Waals surface area contributed by atoms with Crippen LogP contribution in [0.4, 0.5) is 5.82 Å². The number of carbonyl (C=O) groups excluding carboxylic acids is 1. The second-order valence-corrected chi connectivity index (χ2v) is 7.82. The van der Waals surface area contributed by atoms with Crippen molar-refractivity contribution >= 4 is 34.7 Å². The van der Waals surface area contributed by atoms with Crippen LogP contribution in [0.15, 0.2) is 42.6 Å². The van der Waals surface area contributed by atoms with Gasteiger partial charge in [0.15, 0.2) is 5.69 Å². The summed E-state index contributed by atoms with van der Waals surface area (Å²) in [6.07, 6.45) is 1.79. The van der Waals surface area contributed by atoms with E-state index in [0.29, 0.717) is 18.8 Å². The highest BCUT2D eigenvalue weighted by atomic mass is 35.5.